The average molecular weight is 419 g/mol. The van der Waals surface area contributed by atoms with Crippen molar-refractivity contribution in [2.24, 2.45) is 0 Å². The van der Waals surface area contributed by atoms with Gasteiger partial charge in [0.05, 0.1) is 23.5 Å². The van der Waals surface area contributed by atoms with E-state index >= 15 is 0 Å². The maximum Gasteiger partial charge on any atom is 0.253 e. The molecule has 4 rings (SSSR count). The van der Waals surface area contributed by atoms with Gasteiger partial charge in [-0.15, -0.1) is 5.10 Å². The van der Waals surface area contributed by atoms with Crippen LogP contribution in [0.4, 0.5) is 11.4 Å². The third-order valence-corrected chi connectivity index (χ3v) is 5.38. The Morgan fingerprint density at radius 1 is 1.13 bits per heavy atom. The number of amides is 2. The second-order valence-electron chi connectivity index (χ2n) is 7.66. The summed E-state index contributed by atoms with van der Waals surface area (Å²) < 4.78 is 1.58. The molecule has 3 aromatic rings. The summed E-state index contributed by atoms with van der Waals surface area (Å²) in [6, 6.07) is 13.0. The summed E-state index contributed by atoms with van der Waals surface area (Å²) in [5.41, 5.74) is 3.62. The van der Waals surface area contributed by atoms with Crippen LogP contribution in [-0.4, -0.2) is 44.6 Å². The van der Waals surface area contributed by atoms with Crippen LogP contribution in [-0.2, 0) is 4.79 Å². The number of hydrogen-bond acceptors (Lipinski definition) is 6. The summed E-state index contributed by atoms with van der Waals surface area (Å²) in [6.07, 6.45) is 5.84. The van der Waals surface area contributed by atoms with E-state index in [0.717, 1.165) is 42.6 Å². The second kappa shape index (κ2) is 9.38. The van der Waals surface area contributed by atoms with E-state index in [0.29, 0.717) is 11.3 Å². The van der Waals surface area contributed by atoms with Crippen LogP contribution in [0, 0.1) is 6.92 Å². The summed E-state index contributed by atoms with van der Waals surface area (Å²) >= 11 is 0. The van der Waals surface area contributed by atoms with Gasteiger partial charge in [-0.1, -0.05) is 25.0 Å². The number of rotatable bonds is 7. The Morgan fingerprint density at radius 2 is 1.94 bits per heavy atom. The summed E-state index contributed by atoms with van der Waals surface area (Å²) in [5.74, 6) is -0.382. The first-order valence-electron chi connectivity index (χ1n) is 10.4. The number of nitrogens with zero attached hydrogens (tertiary/aromatic N) is 4. The number of nitrogens with one attached hydrogen (secondary N) is 3. The van der Waals surface area contributed by atoms with Crippen LogP contribution in [0.15, 0.2) is 48.8 Å². The van der Waals surface area contributed by atoms with Gasteiger partial charge in [0.25, 0.3) is 5.91 Å². The molecule has 1 aliphatic rings. The topological polar surface area (TPSA) is 114 Å². The highest BCUT2D eigenvalue weighted by atomic mass is 16.2. The Hall–Kier alpha value is -3.75. The number of para-hydroxylation sites is 1. The average Bonchev–Trinajstić information content (AvgIpc) is 3.47. The second-order valence-corrected chi connectivity index (χ2v) is 7.66. The van der Waals surface area contributed by atoms with Crippen LogP contribution >= 0.6 is 0 Å². The highest BCUT2D eigenvalue weighted by Crippen LogP contribution is 2.21. The fraction of sp³-hybridized carbons (Fsp3) is 0.318. The Labute approximate surface area is 180 Å². The lowest BCUT2D eigenvalue weighted by atomic mass is 10.1. The third-order valence-electron chi connectivity index (χ3n) is 5.38. The molecule has 2 aromatic carbocycles. The predicted molar refractivity (Wildman–Crippen MR) is 117 cm³/mol. The number of benzene rings is 2. The number of carbonyl (C=O) groups excluding carboxylic acids is 2. The predicted octanol–water partition coefficient (Wildman–Crippen LogP) is 2.69. The SMILES string of the molecule is Cc1cc(NCC(=O)Nc2ccccc2C(=O)NC2CCCC2)ccc1-n1cnnn1. The standard InChI is InChI=1S/C22H25N7O2/c1-15-12-17(10-11-20(15)29-14-24-27-28-29)23-13-21(30)26-19-9-5-4-8-18(19)22(31)25-16-6-2-3-7-16/h4-5,8-12,14,16,23H,2-3,6-7,13H2,1H3,(H,25,31)(H,26,30). The van der Waals surface area contributed by atoms with E-state index in [2.05, 4.69) is 31.5 Å². The molecular weight excluding hydrogens is 394 g/mol. The fourth-order valence-electron chi connectivity index (χ4n) is 3.79. The van der Waals surface area contributed by atoms with E-state index in [1.54, 1.807) is 28.9 Å². The van der Waals surface area contributed by atoms with Crippen molar-refractivity contribution in [2.75, 3.05) is 17.2 Å². The number of aromatic nitrogens is 4. The highest BCUT2D eigenvalue weighted by molar-refractivity contribution is 6.04. The van der Waals surface area contributed by atoms with E-state index in [4.69, 9.17) is 0 Å². The zero-order chi connectivity index (χ0) is 21.6. The lowest BCUT2D eigenvalue weighted by Gasteiger charge is -2.15. The normalized spacial score (nSPS) is 13.7. The summed E-state index contributed by atoms with van der Waals surface area (Å²) in [6.45, 7) is 2.02. The lowest BCUT2D eigenvalue weighted by molar-refractivity contribution is -0.114. The van der Waals surface area contributed by atoms with Gasteiger partial charge in [0, 0.05) is 11.7 Å². The van der Waals surface area contributed by atoms with Gasteiger partial charge in [-0.3, -0.25) is 9.59 Å². The Kier molecular flexibility index (Phi) is 6.21. The van der Waals surface area contributed by atoms with Crippen molar-refractivity contribution >= 4 is 23.2 Å². The minimum Gasteiger partial charge on any atom is -0.376 e. The van der Waals surface area contributed by atoms with Crippen LogP contribution < -0.4 is 16.0 Å². The summed E-state index contributed by atoms with van der Waals surface area (Å²) in [4.78, 5) is 25.2. The van der Waals surface area contributed by atoms with Gasteiger partial charge in [0.2, 0.25) is 5.91 Å². The molecule has 0 radical (unpaired) electrons. The highest BCUT2D eigenvalue weighted by Gasteiger charge is 2.20. The fourth-order valence-corrected chi connectivity index (χ4v) is 3.79. The lowest BCUT2D eigenvalue weighted by Crippen LogP contribution is -2.33. The quantitative estimate of drug-likeness (QED) is 0.543. The molecule has 0 atom stereocenters. The molecule has 1 saturated carbocycles. The van der Waals surface area contributed by atoms with Crippen molar-refractivity contribution in [2.45, 2.75) is 38.6 Å². The Morgan fingerprint density at radius 3 is 2.68 bits per heavy atom. The molecule has 0 saturated heterocycles. The van der Waals surface area contributed by atoms with Gasteiger partial charge in [-0.2, -0.15) is 0 Å². The van der Waals surface area contributed by atoms with E-state index in [1.807, 2.05) is 25.1 Å². The van der Waals surface area contributed by atoms with E-state index in [9.17, 15) is 9.59 Å². The largest absolute Gasteiger partial charge is 0.376 e. The molecule has 2 amide bonds. The molecule has 160 valence electrons. The van der Waals surface area contributed by atoms with Gasteiger partial charge in [0.1, 0.15) is 6.33 Å². The molecule has 31 heavy (non-hydrogen) atoms. The first-order chi connectivity index (χ1) is 15.1. The van der Waals surface area contributed by atoms with E-state index in [1.165, 1.54) is 6.33 Å². The van der Waals surface area contributed by atoms with E-state index < -0.39 is 0 Å². The molecule has 1 heterocycles. The van der Waals surface area contributed by atoms with Crippen molar-refractivity contribution in [1.29, 1.82) is 0 Å². The third kappa shape index (κ3) is 5.06. The van der Waals surface area contributed by atoms with Crippen LogP contribution in [0.5, 0.6) is 0 Å². The number of anilines is 2. The molecular formula is C22H25N7O2. The van der Waals surface area contributed by atoms with Crippen molar-refractivity contribution in [3.63, 3.8) is 0 Å². The van der Waals surface area contributed by atoms with Gasteiger partial charge < -0.3 is 16.0 Å². The molecule has 0 unspecified atom stereocenters. The molecule has 0 spiro atoms. The molecule has 1 aromatic heterocycles. The molecule has 9 nitrogen and oxygen atoms in total. The Bertz CT molecular complexity index is 1060. The number of aryl methyl sites for hydroxylation is 1. The van der Waals surface area contributed by atoms with Crippen molar-refractivity contribution in [3.05, 3.63) is 59.9 Å². The first kappa shape index (κ1) is 20.5. The molecule has 1 fully saturated rings. The van der Waals surface area contributed by atoms with Gasteiger partial charge in [-0.05, 0) is 66.1 Å². The molecule has 0 aliphatic heterocycles. The summed E-state index contributed by atoms with van der Waals surface area (Å²) in [7, 11) is 0. The van der Waals surface area contributed by atoms with Gasteiger partial charge in [-0.25, -0.2) is 4.68 Å². The minimum absolute atomic E-state index is 0.0717. The summed E-state index contributed by atoms with van der Waals surface area (Å²) in [5, 5.41) is 20.2. The smallest absolute Gasteiger partial charge is 0.253 e. The van der Waals surface area contributed by atoms with E-state index in [-0.39, 0.29) is 24.4 Å². The van der Waals surface area contributed by atoms with Gasteiger partial charge in [0.15, 0.2) is 0 Å². The van der Waals surface area contributed by atoms with Crippen LogP contribution in [0.25, 0.3) is 5.69 Å². The van der Waals surface area contributed by atoms with Crippen molar-refractivity contribution in [1.82, 2.24) is 25.5 Å². The first-order valence-corrected chi connectivity index (χ1v) is 10.4. The monoisotopic (exact) mass is 419 g/mol. The molecule has 3 N–H and O–H groups in total. The number of tetrazole rings is 1. The van der Waals surface area contributed by atoms with Gasteiger partial charge >= 0.3 is 0 Å². The molecule has 9 heteroatoms. The van der Waals surface area contributed by atoms with Crippen LogP contribution in [0.3, 0.4) is 0 Å². The van der Waals surface area contributed by atoms with Crippen LogP contribution in [0.2, 0.25) is 0 Å². The number of hydrogen-bond donors (Lipinski definition) is 3. The zero-order valence-electron chi connectivity index (χ0n) is 17.3. The number of carbonyl (C=O) groups is 2. The zero-order valence-corrected chi connectivity index (χ0v) is 17.3. The van der Waals surface area contributed by atoms with Crippen molar-refractivity contribution in [3.8, 4) is 5.69 Å². The molecule has 1 aliphatic carbocycles. The maximum atomic E-state index is 12.7. The maximum absolute atomic E-state index is 12.7. The van der Waals surface area contributed by atoms with Crippen molar-refractivity contribution < 1.29 is 9.59 Å². The molecule has 0 bridgehead atoms. The Balaban J connectivity index is 1.36. The minimum atomic E-state index is -0.233. The van der Waals surface area contributed by atoms with Crippen LogP contribution in [0.1, 0.15) is 41.6 Å².